The number of hydrogen-bond acceptors (Lipinski definition) is 6. The second-order valence-electron chi connectivity index (χ2n) is 8.01. The number of amides is 2. The van der Waals surface area contributed by atoms with Gasteiger partial charge in [-0.1, -0.05) is 36.4 Å². The van der Waals surface area contributed by atoms with Gasteiger partial charge in [0.05, 0.1) is 10.9 Å². The van der Waals surface area contributed by atoms with Crippen LogP contribution in [-0.2, 0) is 32.5 Å². The van der Waals surface area contributed by atoms with Gasteiger partial charge in [-0.25, -0.2) is 13.6 Å². The highest BCUT2D eigenvalue weighted by atomic mass is 32.2. The summed E-state index contributed by atoms with van der Waals surface area (Å²) in [4.78, 5) is 28.2. The third-order valence-electron chi connectivity index (χ3n) is 5.78. The van der Waals surface area contributed by atoms with Crippen LogP contribution >= 0.6 is 11.3 Å². The normalized spacial score (nSPS) is 13.9. The van der Waals surface area contributed by atoms with E-state index in [1.165, 1.54) is 17.7 Å². The first-order valence-corrected chi connectivity index (χ1v) is 13.3. The van der Waals surface area contributed by atoms with Crippen LogP contribution < -0.4 is 20.7 Å². The molecule has 0 bridgehead atoms. The number of carbonyl (C=O) groups excluding carboxylic acids is 2. The Kier molecular flexibility index (Phi) is 7.30. The molecule has 1 aliphatic rings. The van der Waals surface area contributed by atoms with Crippen molar-refractivity contribution in [3.63, 3.8) is 0 Å². The molecule has 8 nitrogen and oxygen atoms in total. The number of rotatable bonds is 8. The summed E-state index contributed by atoms with van der Waals surface area (Å²) in [5.41, 5.74) is 3.26. The zero-order chi connectivity index (χ0) is 24.1. The Morgan fingerprint density at radius 3 is 2.44 bits per heavy atom. The van der Waals surface area contributed by atoms with Gasteiger partial charge in [0, 0.05) is 30.2 Å². The maximum Gasteiger partial charge on any atom is 0.309 e. The van der Waals surface area contributed by atoms with Crippen molar-refractivity contribution in [2.24, 2.45) is 5.14 Å². The lowest BCUT2D eigenvalue weighted by Gasteiger charge is -2.30. The van der Waals surface area contributed by atoms with E-state index in [4.69, 9.17) is 5.14 Å². The summed E-state index contributed by atoms with van der Waals surface area (Å²) in [6, 6.07) is 18.3. The Hall–Kier alpha value is -3.21. The average Bonchev–Trinajstić information content (AvgIpc) is 3.50. The first-order chi connectivity index (χ1) is 16.3. The minimum Gasteiger partial charge on any atom is -0.361 e. The highest BCUT2D eigenvalue weighted by Gasteiger charge is 2.28. The molecule has 0 spiro atoms. The van der Waals surface area contributed by atoms with Crippen LogP contribution in [-0.4, -0.2) is 39.9 Å². The number of fused-ring (bicyclic) bond motifs is 1. The predicted molar refractivity (Wildman–Crippen MR) is 132 cm³/mol. The van der Waals surface area contributed by atoms with Gasteiger partial charge in [0.1, 0.15) is 0 Å². The fraction of sp³-hybridized carbons (Fsp3) is 0.250. The molecule has 0 saturated heterocycles. The van der Waals surface area contributed by atoms with E-state index in [0.29, 0.717) is 13.0 Å². The van der Waals surface area contributed by atoms with Crippen LogP contribution in [0.5, 0.6) is 0 Å². The van der Waals surface area contributed by atoms with E-state index in [2.05, 4.69) is 27.7 Å². The number of sulfonamides is 1. The maximum atomic E-state index is 12.5. The minimum absolute atomic E-state index is 0.0283. The molecule has 0 saturated carbocycles. The van der Waals surface area contributed by atoms with E-state index in [0.717, 1.165) is 29.1 Å². The van der Waals surface area contributed by atoms with E-state index in [-0.39, 0.29) is 17.5 Å². The van der Waals surface area contributed by atoms with Crippen molar-refractivity contribution in [3.05, 3.63) is 82.0 Å². The zero-order valence-corrected chi connectivity index (χ0v) is 20.1. The van der Waals surface area contributed by atoms with Gasteiger partial charge in [-0.15, -0.1) is 11.3 Å². The summed E-state index contributed by atoms with van der Waals surface area (Å²) in [5.74, 6) is -1.38. The highest BCUT2D eigenvalue weighted by Crippen LogP contribution is 2.36. The standard InChI is InChI=1S/C24H26N4O4S2/c25-34(31,32)19-9-7-17(8-10-19)11-13-26-23(29)24(30)27-16-21(22-6-3-15-33-22)28-14-12-18-4-1-2-5-20(18)28/h1-10,15,21H,11-14,16H2,(H,26,29)(H,27,30)(H2,25,31,32)/t21-/m1/s1. The first-order valence-electron chi connectivity index (χ1n) is 10.9. The fourth-order valence-corrected chi connectivity index (χ4v) is 5.40. The van der Waals surface area contributed by atoms with Crippen LogP contribution in [0, 0.1) is 0 Å². The summed E-state index contributed by atoms with van der Waals surface area (Å²) in [7, 11) is -3.74. The molecular formula is C24H26N4O4S2. The van der Waals surface area contributed by atoms with Crippen LogP contribution in [0.2, 0.25) is 0 Å². The molecule has 178 valence electrons. The van der Waals surface area contributed by atoms with Crippen molar-refractivity contribution < 1.29 is 18.0 Å². The molecule has 0 radical (unpaired) electrons. The summed E-state index contributed by atoms with van der Waals surface area (Å²) < 4.78 is 22.7. The third-order valence-corrected chi connectivity index (χ3v) is 7.69. The molecule has 3 aromatic rings. The van der Waals surface area contributed by atoms with Crippen molar-refractivity contribution in [2.75, 3.05) is 24.5 Å². The second-order valence-corrected chi connectivity index (χ2v) is 10.5. The van der Waals surface area contributed by atoms with Crippen molar-refractivity contribution >= 4 is 38.9 Å². The van der Waals surface area contributed by atoms with Gasteiger partial charge in [0.2, 0.25) is 10.0 Å². The number of primary sulfonamides is 1. The smallest absolute Gasteiger partial charge is 0.309 e. The largest absolute Gasteiger partial charge is 0.361 e. The van der Waals surface area contributed by atoms with Crippen LogP contribution in [0.25, 0.3) is 0 Å². The number of nitrogens with zero attached hydrogens (tertiary/aromatic N) is 1. The average molecular weight is 499 g/mol. The van der Waals surface area contributed by atoms with Crippen LogP contribution in [0.1, 0.15) is 22.0 Å². The van der Waals surface area contributed by atoms with Crippen LogP contribution in [0.4, 0.5) is 5.69 Å². The highest BCUT2D eigenvalue weighted by molar-refractivity contribution is 7.89. The quantitative estimate of drug-likeness (QED) is 0.410. The zero-order valence-electron chi connectivity index (χ0n) is 18.4. The number of benzene rings is 2. The summed E-state index contributed by atoms with van der Waals surface area (Å²) in [6.45, 7) is 1.42. The predicted octanol–water partition coefficient (Wildman–Crippen LogP) is 1.97. The molecule has 2 amide bonds. The molecule has 2 heterocycles. The topological polar surface area (TPSA) is 122 Å². The van der Waals surface area contributed by atoms with E-state index in [1.54, 1.807) is 23.5 Å². The van der Waals surface area contributed by atoms with E-state index in [1.807, 2.05) is 29.6 Å². The molecule has 1 aliphatic heterocycles. The number of nitrogens with one attached hydrogen (secondary N) is 2. The fourth-order valence-electron chi connectivity index (χ4n) is 4.05. The number of hydrogen-bond donors (Lipinski definition) is 3. The number of anilines is 1. The lowest BCUT2D eigenvalue weighted by atomic mass is 10.1. The second kappa shape index (κ2) is 10.4. The number of para-hydroxylation sites is 1. The minimum atomic E-state index is -3.74. The van der Waals surface area contributed by atoms with Crippen molar-refractivity contribution in [1.82, 2.24) is 10.6 Å². The molecule has 1 atom stereocenters. The van der Waals surface area contributed by atoms with Crippen LogP contribution in [0.15, 0.2) is 70.9 Å². The maximum absolute atomic E-state index is 12.5. The molecule has 34 heavy (non-hydrogen) atoms. The molecular weight excluding hydrogens is 472 g/mol. The Morgan fingerprint density at radius 1 is 1.00 bits per heavy atom. The molecule has 1 aromatic heterocycles. The van der Waals surface area contributed by atoms with E-state index in [9.17, 15) is 18.0 Å². The van der Waals surface area contributed by atoms with Crippen LogP contribution in [0.3, 0.4) is 0 Å². The van der Waals surface area contributed by atoms with Gasteiger partial charge in [-0.05, 0) is 53.6 Å². The molecule has 0 fully saturated rings. The molecule has 4 rings (SSSR count). The first kappa shape index (κ1) is 23.9. The van der Waals surface area contributed by atoms with Gasteiger partial charge < -0.3 is 15.5 Å². The number of nitrogens with two attached hydrogens (primary N) is 1. The van der Waals surface area contributed by atoms with Crippen molar-refractivity contribution in [2.45, 2.75) is 23.8 Å². The van der Waals surface area contributed by atoms with Gasteiger partial charge in [0.25, 0.3) is 0 Å². The molecule has 0 unspecified atom stereocenters. The number of thiophene rings is 1. The summed E-state index contributed by atoms with van der Waals surface area (Å²) in [6.07, 6.45) is 1.40. The van der Waals surface area contributed by atoms with E-state index < -0.39 is 21.8 Å². The van der Waals surface area contributed by atoms with Gasteiger partial charge in [0.15, 0.2) is 0 Å². The van der Waals surface area contributed by atoms with Gasteiger partial charge >= 0.3 is 11.8 Å². The van der Waals surface area contributed by atoms with Gasteiger partial charge in [-0.2, -0.15) is 0 Å². The monoisotopic (exact) mass is 498 g/mol. The lowest BCUT2D eigenvalue weighted by Crippen LogP contribution is -2.44. The van der Waals surface area contributed by atoms with E-state index >= 15 is 0 Å². The van der Waals surface area contributed by atoms with Crippen molar-refractivity contribution in [1.29, 1.82) is 0 Å². The lowest BCUT2D eigenvalue weighted by molar-refractivity contribution is -0.139. The Labute approximate surface area is 202 Å². The third kappa shape index (κ3) is 5.64. The molecule has 4 N–H and O–H groups in total. The summed E-state index contributed by atoms with van der Waals surface area (Å²) >= 11 is 1.63. The molecule has 0 aliphatic carbocycles. The Balaban J connectivity index is 1.31. The SMILES string of the molecule is NS(=O)(=O)c1ccc(CCNC(=O)C(=O)NC[C@H](c2cccs2)N2CCc3ccccc32)cc1. The Morgan fingerprint density at radius 2 is 1.74 bits per heavy atom. The summed E-state index contributed by atoms with van der Waals surface area (Å²) in [5, 5.41) is 12.5. The Bertz CT molecular complexity index is 1260. The van der Waals surface area contributed by atoms with Gasteiger partial charge in [-0.3, -0.25) is 9.59 Å². The van der Waals surface area contributed by atoms with Crippen molar-refractivity contribution in [3.8, 4) is 0 Å². The molecule has 2 aromatic carbocycles. The number of carbonyl (C=O) groups is 2. The molecule has 10 heteroatoms.